The first kappa shape index (κ1) is 17.4. The predicted octanol–water partition coefficient (Wildman–Crippen LogP) is 2.83. The van der Waals surface area contributed by atoms with Crippen LogP contribution >= 0.6 is 0 Å². The molecule has 1 aliphatic rings. The smallest absolute Gasteiger partial charge is 0.292 e. The van der Waals surface area contributed by atoms with Crippen LogP contribution in [0.3, 0.4) is 0 Å². The summed E-state index contributed by atoms with van der Waals surface area (Å²) in [4.78, 5) is 15.7. The Kier molecular flexibility index (Phi) is 5.33. The molecule has 2 heterocycles. The maximum Gasteiger partial charge on any atom is 0.292 e. The second kappa shape index (κ2) is 7.65. The van der Waals surface area contributed by atoms with E-state index in [2.05, 4.69) is 28.0 Å². The van der Waals surface area contributed by atoms with Crippen LogP contribution in [0, 0.1) is 17.0 Å². The van der Waals surface area contributed by atoms with Gasteiger partial charge in [-0.2, -0.15) is 5.10 Å². The lowest BCUT2D eigenvalue weighted by Gasteiger charge is -2.24. The van der Waals surface area contributed by atoms with Crippen LogP contribution in [-0.2, 0) is 13.1 Å². The van der Waals surface area contributed by atoms with Crippen molar-refractivity contribution < 1.29 is 4.92 Å². The first-order valence-corrected chi connectivity index (χ1v) is 8.81. The monoisotopic (exact) mass is 343 g/mol. The summed E-state index contributed by atoms with van der Waals surface area (Å²) >= 11 is 0. The Labute approximate surface area is 148 Å². The van der Waals surface area contributed by atoms with E-state index in [1.54, 1.807) is 12.1 Å². The molecule has 0 saturated carbocycles. The summed E-state index contributed by atoms with van der Waals surface area (Å²) < 4.78 is 1.94. The molecule has 0 unspecified atom stereocenters. The Morgan fingerprint density at radius 1 is 1.24 bits per heavy atom. The molecule has 0 atom stereocenters. The standard InChI is InChI=1S/C18H25N5O2/c1-3-22-14-16(12-19-22)13-20-8-5-9-21(11-10-20)18-15(2)6-4-7-17(18)23(24)25/h4,6-7,12,14H,3,5,8-11,13H2,1-2H3. The number of hydrogen-bond acceptors (Lipinski definition) is 5. The zero-order valence-electron chi connectivity index (χ0n) is 14.9. The van der Waals surface area contributed by atoms with Crippen molar-refractivity contribution in [3.05, 3.63) is 51.8 Å². The number of aryl methyl sites for hydroxylation is 2. The van der Waals surface area contributed by atoms with Gasteiger partial charge in [0.2, 0.25) is 0 Å². The largest absolute Gasteiger partial charge is 0.364 e. The topological polar surface area (TPSA) is 67.4 Å². The lowest BCUT2D eigenvalue weighted by atomic mass is 10.1. The maximum atomic E-state index is 11.4. The average molecular weight is 343 g/mol. The molecular formula is C18H25N5O2. The number of rotatable bonds is 5. The minimum atomic E-state index is -0.274. The molecule has 3 rings (SSSR count). The molecule has 1 fully saturated rings. The number of nitro benzene ring substituents is 1. The van der Waals surface area contributed by atoms with Gasteiger partial charge in [0.25, 0.3) is 5.69 Å². The van der Waals surface area contributed by atoms with Crippen molar-refractivity contribution in [3.8, 4) is 0 Å². The third-order valence-corrected chi connectivity index (χ3v) is 4.73. The minimum absolute atomic E-state index is 0.206. The van der Waals surface area contributed by atoms with Gasteiger partial charge >= 0.3 is 0 Å². The van der Waals surface area contributed by atoms with Gasteiger partial charge in [0.1, 0.15) is 5.69 Å². The second-order valence-corrected chi connectivity index (χ2v) is 6.52. The molecule has 0 spiro atoms. The Morgan fingerprint density at radius 2 is 2.08 bits per heavy atom. The van der Waals surface area contributed by atoms with E-state index in [0.29, 0.717) is 0 Å². The third kappa shape index (κ3) is 3.99. The molecule has 0 N–H and O–H groups in total. The highest BCUT2D eigenvalue weighted by Crippen LogP contribution is 2.32. The van der Waals surface area contributed by atoms with Crippen molar-refractivity contribution in [2.45, 2.75) is 33.4 Å². The van der Waals surface area contributed by atoms with Crippen molar-refractivity contribution in [2.24, 2.45) is 0 Å². The van der Waals surface area contributed by atoms with Gasteiger partial charge in [-0.15, -0.1) is 0 Å². The molecule has 25 heavy (non-hydrogen) atoms. The normalized spacial score (nSPS) is 16.0. The highest BCUT2D eigenvalue weighted by molar-refractivity contribution is 5.67. The molecule has 134 valence electrons. The van der Waals surface area contributed by atoms with Crippen molar-refractivity contribution in [2.75, 3.05) is 31.1 Å². The molecule has 1 saturated heterocycles. The minimum Gasteiger partial charge on any atom is -0.364 e. The zero-order valence-corrected chi connectivity index (χ0v) is 14.9. The number of hydrogen-bond donors (Lipinski definition) is 0. The van der Waals surface area contributed by atoms with Crippen LogP contribution in [0.5, 0.6) is 0 Å². The Morgan fingerprint density at radius 3 is 2.80 bits per heavy atom. The Bertz CT molecular complexity index is 743. The summed E-state index contributed by atoms with van der Waals surface area (Å²) in [7, 11) is 0. The second-order valence-electron chi connectivity index (χ2n) is 6.52. The molecular weight excluding hydrogens is 318 g/mol. The van der Waals surface area contributed by atoms with E-state index in [-0.39, 0.29) is 10.6 Å². The van der Waals surface area contributed by atoms with Crippen molar-refractivity contribution in [1.29, 1.82) is 0 Å². The van der Waals surface area contributed by atoms with Crippen LogP contribution in [0.25, 0.3) is 0 Å². The van der Waals surface area contributed by atoms with E-state index in [4.69, 9.17) is 0 Å². The van der Waals surface area contributed by atoms with Gasteiger partial charge in [-0.05, 0) is 25.8 Å². The first-order valence-electron chi connectivity index (χ1n) is 8.81. The summed E-state index contributed by atoms with van der Waals surface area (Å²) in [6, 6.07) is 5.31. The molecule has 2 aromatic rings. The van der Waals surface area contributed by atoms with E-state index in [0.717, 1.165) is 56.9 Å². The fourth-order valence-corrected chi connectivity index (χ4v) is 3.47. The van der Waals surface area contributed by atoms with E-state index >= 15 is 0 Å². The number of aromatic nitrogens is 2. The number of benzene rings is 1. The molecule has 7 heteroatoms. The van der Waals surface area contributed by atoms with Crippen LogP contribution in [0.1, 0.15) is 24.5 Å². The molecule has 7 nitrogen and oxygen atoms in total. The maximum absolute atomic E-state index is 11.4. The Balaban J connectivity index is 1.71. The van der Waals surface area contributed by atoms with Gasteiger partial charge in [0.15, 0.2) is 0 Å². The highest BCUT2D eigenvalue weighted by atomic mass is 16.6. The van der Waals surface area contributed by atoms with E-state index in [1.807, 2.05) is 23.9 Å². The van der Waals surface area contributed by atoms with Gasteiger partial charge in [-0.1, -0.05) is 12.1 Å². The van der Waals surface area contributed by atoms with E-state index < -0.39 is 0 Å². The van der Waals surface area contributed by atoms with E-state index in [1.165, 1.54) is 5.56 Å². The molecule has 1 aromatic carbocycles. The lowest BCUT2D eigenvalue weighted by molar-refractivity contribution is -0.384. The quantitative estimate of drug-likeness (QED) is 0.617. The summed E-state index contributed by atoms with van der Waals surface area (Å²) in [5, 5.41) is 15.7. The van der Waals surface area contributed by atoms with Gasteiger partial charge in [0.05, 0.1) is 11.1 Å². The van der Waals surface area contributed by atoms with Crippen molar-refractivity contribution >= 4 is 11.4 Å². The summed E-state index contributed by atoms with van der Waals surface area (Å²) in [6.45, 7) is 9.31. The average Bonchev–Trinajstić information content (AvgIpc) is 2.92. The number of nitro groups is 1. The molecule has 0 bridgehead atoms. The number of anilines is 1. The SMILES string of the molecule is CCn1cc(CN2CCCN(c3c(C)cccc3[N+](=O)[O-])CC2)cn1. The summed E-state index contributed by atoms with van der Waals surface area (Å²) in [5.74, 6) is 0. The van der Waals surface area contributed by atoms with Crippen LogP contribution in [0.4, 0.5) is 11.4 Å². The molecule has 1 aliphatic heterocycles. The van der Waals surface area contributed by atoms with Gasteiger partial charge in [0, 0.05) is 57.1 Å². The fraction of sp³-hybridized carbons (Fsp3) is 0.500. The van der Waals surface area contributed by atoms with Crippen LogP contribution < -0.4 is 4.90 Å². The first-order chi connectivity index (χ1) is 12.1. The Hall–Kier alpha value is -2.41. The van der Waals surface area contributed by atoms with E-state index in [9.17, 15) is 10.1 Å². The van der Waals surface area contributed by atoms with Crippen LogP contribution in [0.2, 0.25) is 0 Å². The van der Waals surface area contributed by atoms with Gasteiger partial charge < -0.3 is 4.90 Å². The van der Waals surface area contributed by atoms with Crippen LogP contribution in [0.15, 0.2) is 30.6 Å². The van der Waals surface area contributed by atoms with Gasteiger partial charge in [-0.25, -0.2) is 0 Å². The summed E-state index contributed by atoms with van der Waals surface area (Å²) in [6.07, 6.45) is 5.01. The number of para-hydroxylation sites is 1. The molecule has 0 radical (unpaired) electrons. The van der Waals surface area contributed by atoms with Crippen LogP contribution in [-0.4, -0.2) is 45.8 Å². The van der Waals surface area contributed by atoms with Gasteiger partial charge in [-0.3, -0.25) is 19.7 Å². The fourth-order valence-electron chi connectivity index (χ4n) is 3.47. The molecule has 0 aliphatic carbocycles. The zero-order chi connectivity index (χ0) is 17.8. The summed E-state index contributed by atoms with van der Waals surface area (Å²) in [5.41, 5.74) is 3.16. The molecule has 1 aromatic heterocycles. The van der Waals surface area contributed by atoms with Crippen molar-refractivity contribution in [1.82, 2.24) is 14.7 Å². The lowest BCUT2D eigenvalue weighted by Crippen LogP contribution is -2.31. The predicted molar refractivity (Wildman–Crippen MR) is 97.8 cm³/mol. The highest BCUT2D eigenvalue weighted by Gasteiger charge is 2.24. The third-order valence-electron chi connectivity index (χ3n) is 4.73. The number of nitrogens with zero attached hydrogens (tertiary/aromatic N) is 5. The van der Waals surface area contributed by atoms with Crippen molar-refractivity contribution in [3.63, 3.8) is 0 Å². The molecule has 0 amide bonds.